The summed E-state index contributed by atoms with van der Waals surface area (Å²) in [6.07, 6.45) is -3.13. The van der Waals surface area contributed by atoms with Crippen LogP contribution in [0, 0.1) is 0 Å². The molecule has 3 rings (SSSR count). The van der Waals surface area contributed by atoms with Crippen LogP contribution >= 0.6 is 11.3 Å². The fourth-order valence-corrected chi connectivity index (χ4v) is 3.40. The third-order valence-corrected chi connectivity index (χ3v) is 4.71. The highest BCUT2D eigenvalue weighted by atomic mass is 32.1. The summed E-state index contributed by atoms with van der Waals surface area (Å²) in [5.41, 5.74) is 0.814. The van der Waals surface area contributed by atoms with Crippen LogP contribution in [0.15, 0.2) is 36.4 Å². The fourth-order valence-electron chi connectivity index (χ4n) is 2.40. The van der Waals surface area contributed by atoms with Crippen molar-refractivity contribution in [3.8, 4) is 11.5 Å². The first-order chi connectivity index (χ1) is 11.4. The lowest BCUT2D eigenvalue weighted by Gasteiger charge is -2.05. The predicted molar refractivity (Wildman–Crippen MR) is 86.7 cm³/mol. The number of methoxy groups -OCH3 is 1. The van der Waals surface area contributed by atoms with Crippen molar-refractivity contribution >= 4 is 21.6 Å². The molecule has 0 amide bonds. The SMILES string of the molecule is COc1ccc(CCc2nc3ccc(C(F)(F)F)cc3s2)cc1O. The number of halogens is 3. The molecular weight excluding hydrogens is 339 g/mol. The highest BCUT2D eigenvalue weighted by Gasteiger charge is 2.30. The molecule has 0 atom stereocenters. The number of aromatic nitrogens is 1. The molecule has 3 nitrogen and oxygen atoms in total. The second-order valence-corrected chi connectivity index (χ2v) is 6.41. The van der Waals surface area contributed by atoms with Crippen LogP contribution in [0.2, 0.25) is 0 Å². The largest absolute Gasteiger partial charge is 0.504 e. The number of fused-ring (bicyclic) bond motifs is 1. The van der Waals surface area contributed by atoms with E-state index in [0.29, 0.717) is 28.8 Å². The number of ether oxygens (including phenoxy) is 1. The molecule has 1 heterocycles. The summed E-state index contributed by atoms with van der Waals surface area (Å²) in [5.74, 6) is 0.465. The van der Waals surface area contributed by atoms with Crippen molar-refractivity contribution in [3.63, 3.8) is 0 Å². The van der Waals surface area contributed by atoms with Crippen LogP contribution in [-0.4, -0.2) is 17.2 Å². The number of hydrogen-bond donors (Lipinski definition) is 1. The van der Waals surface area contributed by atoms with Crippen LogP contribution in [0.25, 0.3) is 10.2 Å². The lowest BCUT2D eigenvalue weighted by molar-refractivity contribution is -0.137. The number of aryl methyl sites for hydroxylation is 2. The Balaban J connectivity index is 1.77. The quantitative estimate of drug-likeness (QED) is 0.732. The van der Waals surface area contributed by atoms with Gasteiger partial charge in [0, 0.05) is 6.42 Å². The van der Waals surface area contributed by atoms with Gasteiger partial charge in [-0.1, -0.05) is 6.07 Å². The van der Waals surface area contributed by atoms with Gasteiger partial charge in [-0.25, -0.2) is 4.98 Å². The van der Waals surface area contributed by atoms with Crippen molar-refractivity contribution in [2.45, 2.75) is 19.0 Å². The average Bonchev–Trinajstić information content (AvgIpc) is 2.94. The topological polar surface area (TPSA) is 42.4 Å². The first-order valence-corrected chi connectivity index (χ1v) is 8.01. The third-order valence-electron chi connectivity index (χ3n) is 3.63. The molecular formula is C17H14F3NO2S. The molecule has 0 spiro atoms. The highest BCUT2D eigenvalue weighted by Crippen LogP contribution is 2.33. The van der Waals surface area contributed by atoms with Crippen LogP contribution in [-0.2, 0) is 19.0 Å². The summed E-state index contributed by atoms with van der Waals surface area (Å²) in [6, 6.07) is 8.72. The van der Waals surface area contributed by atoms with Crippen molar-refractivity contribution in [1.82, 2.24) is 4.98 Å². The van der Waals surface area contributed by atoms with E-state index in [2.05, 4.69) is 4.98 Å². The third kappa shape index (κ3) is 3.46. The van der Waals surface area contributed by atoms with Crippen LogP contribution < -0.4 is 4.74 Å². The summed E-state index contributed by atoms with van der Waals surface area (Å²) in [5, 5.41) is 10.5. The minimum atomic E-state index is -4.35. The van der Waals surface area contributed by atoms with Gasteiger partial charge in [0.15, 0.2) is 11.5 Å². The summed E-state index contributed by atoms with van der Waals surface area (Å²) in [6.45, 7) is 0. The van der Waals surface area contributed by atoms with Gasteiger partial charge in [0.2, 0.25) is 0 Å². The van der Waals surface area contributed by atoms with Gasteiger partial charge in [0.25, 0.3) is 0 Å². The molecule has 1 N–H and O–H groups in total. The van der Waals surface area contributed by atoms with Gasteiger partial charge in [-0.15, -0.1) is 11.3 Å². The summed E-state index contributed by atoms with van der Waals surface area (Å²) in [7, 11) is 1.48. The molecule has 0 aliphatic rings. The van der Waals surface area contributed by atoms with E-state index < -0.39 is 11.7 Å². The number of alkyl halides is 3. The van der Waals surface area contributed by atoms with E-state index >= 15 is 0 Å². The Morgan fingerprint density at radius 1 is 1.12 bits per heavy atom. The zero-order chi connectivity index (χ0) is 17.3. The number of benzene rings is 2. The molecule has 7 heteroatoms. The molecule has 3 aromatic rings. The van der Waals surface area contributed by atoms with Crippen molar-refractivity contribution in [2.75, 3.05) is 7.11 Å². The molecule has 0 bridgehead atoms. The Hall–Kier alpha value is -2.28. The second kappa shape index (κ2) is 6.32. The highest BCUT2D eigenvalue weighted by molar-refractivity contribution is 7.18. The minimum absolute atomic E-state index is 0.0640. The lowest BCUT2D eigenvalue weighted by atomic mass is 10.1. The van der Waals surface area contributed by atoms with Crippen LogP contribution in [0.5, 0.6) is 11.5 Å². The predicted octanol–water partition coefficient (Wildman–Crippen LogP) is 4.81. The fraction of sp³-hybridized carbons (Fsp3) is 0.235. The van der Waals surface area contributed by atoms with Gasteiger partial charge < -0.3 is 9.84 Å². The van der Waals surface area contributed by atoms with Gasteiger partial charge in [0.05, 0.1) is 27.9 Å². The number of phenols is 1. The van der Waals surface area contributed by atoms with E-state index in [1.165, 1.54) is 24.5 Å². The maximum Gasteiger partial charge on any atom is 0.416 e. The summed E-state index contributed by atoms with van der Waals surface area (Å²) < 4.78 is 43.7. The Labute approximate surface area is 140 Å². The molecule has 0 radical (unpaired) electrons. The Kier molecular flexibility index (Phi) is 4.36. The van der Waals surface area contributed by atoms with Crippen LogP contribution in [0.1, 0.15) is 16.1 Å². The van der Waals surface area contributed by atoms with E-state index in [4.69, 9.17) is 4.74 Å². The maximum absolute atomic E-state index is 12.7. The molecule has 0 unspecified atom stereocenters. The lowest BCUT2D eigenvalue weighted by Crippen LogP contribution is -2.03. The Morgan fingerprint density at radius 3 is 2.58 bits per heavy atom. The second-order valence-electron chi connectivity index (χ2n) is 5.29. The van der Waals surface area contributed by atoms with Crippen molar-refractivity contribution in [1.29, 1.82) is 0 Å². The monoisotopic (exact) mass is 353 g/mol. The van der Waals surface area contributed by atoms with E-state index in [1.807, 2.05) is 6.07 Å². The maximum atomic E-state index is 12.7. The summed E-state index contributed by atoms with van der Waals surface area (Å²) >= 11 is 1.26. The van der Waals surface area contributed by atoms with Gasteiger partial charge >= 0.3 is 6.18 Å². The van der Waals surface area contributed by atoms with E-state index in [1.54, 1.807) is 12.1 Å². The average molecular weight is 353 g/mol. The number of rotatable bonds is 4. The van der Waals surface area contributed by atoms with Crippen molar-refractivity contribution in [3.05, 3.63) is 52.5 Å². The smallest absolute Gasteiger partial charge is 0.416 e. The Morgan fingerprint density at radius 2 is 1.92 bits per heavy atom. The number of thiazole rings is 1. The zero-order valence-electron chi connectivity index (χ0n) is 12.7. The van der Waals surface area contributed by atoms with Crippen LogP contribution in [0.4, 0.5) is 13.2 Å². The van der Waals surface area contributed by atoms with E-state index in [0.717, 1.165) is 22.7 Å². The number of phenolic OH excluding ortho intramolecular Hbond substituents is 1. The van der Waals surface area contributed by atoms with Crippen molar-refractivity contribution < 1.29 is 23.0 Å². The molecule has 126 valence electrons. The number of nitrogens with zero attached hydrogens (tertiary/aromatic N) is 1. The molecule has 0 aliphatic carbocycles. The van der Waals surface area contributed by atoms with Gasteiger partial charge in [-0.2, -0.15) is 13.2 Å². The first-order valence-electron chi connectivity index (χ1n) is 7.19. The summed E-state index contributed by atoms with van der Waals surface area (Å²) in [4.78, 5) is 4.37. The standard InChI is InChI=1S/C17H14F3NO2S/c1-23-14-6-2-10(8-13(14)22)3-7-16-21-12-5-4-11(17(18,19)20)9-15(12)24-16/h2,4-6,8-9,22H,3,7H2,1H3. The van der Waals surface area contributed by atoms with E-state index in [9.17, 15) is 18.3 Å². The van der Waals surface area contributed by atoms with Gasteiger partial charge in [0.1, 0.15) is 0 Å². The molecule has 1 aromatic heterocycles. The van der Waals surface area contributed by atoms with E-state index in [-0.39, 0.29) is 5.75 Å². The molecule has 24 heavy (non-hydrogen) atoms. The Bertz CT molecular complexity index is 874. The first kappa shape index (κ1) is 16.6. The molecule has 0 fully saturated rings. The molecule has 0 saturated heterocycles. The molecule has 0 saturated carbocycles. The van der Waals surface area contributed by atoms with Gasteiger partial charge in [-0.05, 0) is 42.3 Å². The van der Waals surface area contributed by atoms with Crippen LogP contribution in [0.3, 0.4) is 0 Å². The molecule has 0 aliphatic heterocycles. The normalized spacial score (nSPS) is 11.8. The number of hydrogen-bond acceptors (Lipinski definition) is 4. The van der Waals surface area contributed by atoms with Gasteiger partial charge in [-0.3, -0.25) is 0 Å². The zero-order valence-corrected chi connectivity index (χ0v) is 13.5. The minimum Gasteiger partial charge on any atom is -0.504 e. The number of aromatic hydroxyl groups is 1. The van der Waals surface area contributed by atoms with Crippen molar-refractivity contribution in [2.24, 2.45) is 0 Å². The molecule has 2 aromatic carbocycles.